The standard InChI is InChI=1S/C18H28N2O3/c1-4-16(22)20-15-9-7-8-14(12-15)17(23)19-13-18(5-2,6-3)10-11-21/h7-9,12,21H,4-6,10-11,13H2,1-3H3,(H,19,23)(H,20,22). The van der Waals surface area contributed by atoms with E-state index in [1.807, 2.05) is 0 Å². The zero-order valence-electron chi connectivity index (χ0n) is 14.3. The first kappa shape index (κ1) is 19.2. The molecule has 1 aromatic rings. The predicted molar refractivity (Wildman–Crippen MR) is 92.4 cm³/mol. The number of hydrogen-bond donors (Lipinski definition) is 3. The Hall–Kier alpha value is -1.88. The highest BCUT2D eigenvalue weighted by atomic mass is 16.3. The fourth-order valence-corrected chi connectivity index (χ4v) is 2.54. The minimum absolute atomic E-state index is 0.0710. The van der Waals surface area contributed by atoms with Gasteiger partial charge in [0.2, 0.25) is 5.91 Å². The Morgan fingerprint density at radius 3 is 2.43 bits per heavy atom. The van der Waals surface area contributed by atoms with Gasteiger partial charge in [-0.3, -0.25) is 9.59 Å². The van der Waals surface area contributed by atoms with E-state index >= 15 is 0 Å². The third-order valence-corrected chi connectivity index (χ3v) is 4.50. The zero-order valence-corrected chi connectivity index (χ0v) is 14.3. The van der Waals surface area contributed by atoms with Gasteiger partial charge < -0.3 is 15.7 Å². The molecule has 0 aliphatic rings. The molecule has 5 heteroatoms. The van der Waals surface area contributed by atoms with Gasteiger partial charge in [-0.15, -0.1) is 0 Å². The molecule has 5 nitrogen and oxygen atoms in total. The summed E-state index contributed by atoms with van der Waals surface area (Å²) in [4.78, 5) is 23.8. The number of anilines is 1. The molecule has 0 spiro atoms. The van der Waals surface area contributed by atoms with Gasteiger partial charge in [0, 0.05) is 30.8 Å². The number of amides is 2. The van der Waals surface area contributed by atoms with Crippen LogP contribution in [0.25, 0.3) is 0 Å². The Bertz CT molecular complexity index is 525. The van der Waals surface area contributed by atoms with Crippen LogP contribution in [0.4, 0.5) is 5.69 Å². The molecule has 1 rings (SSSR count). The normalized spacial score (nSPS) is 11.1. The van der Waals surface area contributed by atoms with Gasteiger partial charge in [0.05, 0.1) is 0 Å². The third-order valence-electron chi connectivity index (χ3n) is 4.50. The maximum absolute atomic E-state index is 12.3. The van der Waals surface area contributed by atoms with Crippen LogP contribution in [0.15, 0.2) is 24.3 Å². The largest absolute Gasteiger partial charge is 0.396 e. The molecular weight excluding hydrogens is 292 g/mol. The van der Waals surface area contributed by atoms with E-state index in [9.17, 15) is 14.7 Å². The Labute approximate surface area is 138 Å². The Kier molecular flexibility index (Phi) is 7.75. The number of benzene rings is 1. The summed E-state index contributed by atoms with van der Waals surface area (Å²) in [5, 5.41) is 14.9. The summed E-state index contributed by atoms with van der Waals surface area (Å²) in [6.07, 6.45) is 2.87. The van der Waals surface area contributed by atoms with Crippen molar-refractivity contribution in [2.45, 2.75) is 46.5 Å². The van der Waals surface area contributed by atoms with E-state index in [-0.39, 0.29) is 23.8 Å². The first-order chi connectivity index (χ1) is 11.0. The monoisotopic (exact) mass is 320 g/mol. The number of aliphatic hydroxyl groups excluding tert-OH is 1. The first-order valence-electron chi connectivity index (χ1n) is 8.29. The molecule has 23 heavy (non-hydrogen) atoms. The Morgan fingerprint density at radius 2 is 1.87 bits per heavy atom. The van der Waals surface area contributed by atoms with Crippen LogP contribution in [0.3, 0.4) is 0 Å². The Morgan fingerprint density at radius 1 is 1.17 bits per heavy atom. The lowest BCUT2D eigenvalue weighted by atomic mass is 9.79. The average Bonchev–Trinajstić information content (AvgIpc) is 2.58. The van der Waals surface area contributed by atoms with Crippen molar-refractivity contribution in [2.75, 3.05) is 18.5 Å². The van der Waals surface area contributed by atoms with Crippen molar-refractivity contribution in [1.82, 2.24) is 5.32 Å². The van der Waals surface area contributed by atoms with Crippen molar-refractivity contribution >= 4 is 17.5 Å². The van der Waals surface area contributed by atoms with Crippen molar-refractivity contribution in [3.8, 4) is 0 Å². The summed E-state index contributed by atoms with van der Waals surface area (Å²) in [6.45, 7) is 6.58. The second kappa shape index (κ2) is 9.30. The lowest BCUT2D eigenvalue weighted by molar-refractivity contribution is -0.115. The second-order valence-corrected chi connectivity index (χ2v) is 5.85. The van der Waals surface area contributed by atoms with Gasteiger partial charge in [-0.05, 0) is 42.9 Å². The summed E-state index contributed by atoms with van der Waals surface area (Å²) in [7, 11) is 0. The van der Waals surface area contributed by atoms with E-state index in [0.717, 1.165) is 12.8 Å². The SMILES string of the molecule is CCC(=O)Nc1cccc(C(=O)NCC(CC)(CC)CCO)c1. The van der Waals surface area contributed by atoms with Crippen LogP contribution in [0.2, 0.25) is 0 Å². The number of hydrogen-bond acceptors (Lipinski definition) is 3. The average molecular weight is 320 g/mol. The molecule has 0 saturated heterocycles. The van der Waals surface area contributed by atoms with Crippen LogP contribution in [0, 0.1) is 5.41 Å². The molecule has 0 fully saturated rings. The molecule has 0 aliphatic heterocycles. The van der Waals surface area contributed by atoms with E-state index in [2.05, 4.69) is 24.5 Å². The minimum Gasteiger partial charge on any atom is -0.396 e. The number of nitrogens with one attached hydrogen (secondary N) is 2. The fraction of sp³-hybridized carbons (Fsp3) is 0.556. The fourth-order valence-electron chi connectivity index (χ4n) is 2.54. The quantitative estimate of drug-likeness (QED) is 0.654. The Balaban J connectivity index is 2.74. The molecule has 0 atom stereocenters. The van der Waals surface area contributed by atoms with Crippen molar-refractivity contribution in [2.24, 2.45) is 5.41 Å². The third kappa shape index (κ3) is 5.67. The van der Waals surface area contributed by atoms with E-state index < -0.39 is 0 Å². The van der Waals surface area contributed by atoms with Gasteiger partial charge in [-0.25, -0.2) is 0 Å². The van der Waals surface area contributed by atoms with Crippen LogP contribution in [-0.4, -0.2) is 30.1 Å². The van der Waals surface area contributed by atoms with Gasteiger partial charge in [-0.1, -0.05) is 26.8 Å². The van der Waals surface area contributed by atoms with Gasteiger partial charge >= 0.3 is 0 Å². The summed E-state index contributed by atoms with van der Waals surface area (Å²) in [5.41, 5.74) is 1.07. The van der Waals surface area contributed by atoms with E-state index in [1.165, 1.54) is 0 Å². The summed E-state index contributed by atoms with van der Waals surface area (Å²) in [5.74, 6) is -0.247. The minimum atomic E-state index is -0.165. The summed E-state index contributed by atoms with van der Waals surface area (Å²) >= 11 is 0. The van der Waals surface area contributed by atoms with Gasteiger partial charge in [0.25, 0.3) is 5.91 Å². The molecule has 128 valence electrons. The van der Waals surface area contributed by atoms with Crippen LogP contribution < -0.4 is 10.6 Å². The highest BCUT2D eigenvalue weighted by Crippen LogP contribution is 2.29. The maximum atomic E-state index is 12.3. The van der Waals surface area contributed by atoms with Gasteiger partial charge in [0.15, 0.2) is 0 Å². The molecule has 3 N–H and O–H groups in total. The van der Waals surface area contributed by atoms with Gasteiger partial charge in [0.1, 0.15) is 0 Å². The number of carbonyl (C=O) groups is 2. The predicted octanol–water partition coefficient (Wildman–Crippen LogP) is 2.95. The van der Waals surface area contributed by atoms with Crippen LogP contribution in [0.1, 0.15) is 56.8 Å². The van der Waals surface area contributed by atoms with E-state index in [1.54, 1.807) is 31.2 Å². The van der Waals surface area contributed by atoms with Crippen LogP contribution in [-0.2, 0) is 4.79 Å². The molecular formula is C18H28N2O3. The molecule has 0 unspecified atom stereocenters. The highest BCUT2D eigenvalue weighted by Gasteiger charge is 2.26. The zero-order chi connectivity index (χ0) is 17.3. The molecule has 0 heterocycles. The van der Waals surface area contributed by atoms with E-state index in [4.69, 9.17) is 0 Å². The van der Waals surface area contributed by atoms with Crippen molar-refractivity contribution in [1.29, 1.82) is 0 Å². The van der Waals surface area contributed by atoms with E-state index in [0.29, 0.717) is 30.6 Å². The van der Waals surface area contributed by atoms with Crippen LogP contribution >= 0.6 is 0 Å². The molecule has 0 bridgehead atoms. The molecule has 2 amide bonds. The lowest BCUT2D eigenvalue weighted by Gasteiger charge is -2.31. The van der Waals surface area contributed by atoms with Crippen molar-refractivity contribution in [3.05, 3.63) is 29.8 Å². The second-order valence-electron chi connectivity index (χ2n) is 5.85. The number of rotatable bonds is 9. The molecule has 0 radical (unpaired) electrons. The van der Waals surface area contributed by atoms with Gasteiger partial charge in [-0.2, -0.15) is 0 Å². The topological polar surface area (TPSA) is 78.4 Å². The summed E-state index contributed by atoms with van der Waals surface area (Å²) < 4.78 is 0. The highest BCUT2D eigenvalue weighted by molar-refractivity contribution is 5.97. The summed E-state index contributed by atoms with van der Waals surface area (Å²) in [6, 6.07) is 6.91. The lowest BCUT2D eigenvalue weighted by Crippen LogP contribution is -2.37. The smallest absolute Gasteiger partial charge is 0.251 e. The van der Waals surface area contributed by atoms with Crippen molar-refractivity contribution < 1.29 is 14.7 Å². The van der Waals surface area contributed by atoms with Crippen molar-refractivity contribution in [3.63, 3.8) is 0 Å². The molecule has 0 aromatic heterocycles. The van der Waals surface area contributed by atoms with Crippen LogP contribution in [0.5, 0.6) is 0 Å². The molecule has 0 aliphatic carbocycles. The maximum Gasteiger partial charge on any atom is 0.251 e. The number of carbonyl (C=O) groups excluding carboxylic acids is 2. The first-order valence-corrected chi connectivity index (χ1v) is 8.29. The number of aliphatic hydroxyl groups is 1. The molecule has 0 saturated carbocycles. The molecule has 1 aromatic carbocycles.